The molecule has 0 bridgehead atoms. The Kier molecular flexibility index (Phi) is 6.01. The molecule has 0 aliphatic heterocycles. The Bertz CT molecular complexity index is 1150. The summed E-state index contributed by atoms with van der Waals surface area (Å²) in [5.41, 5.74) is 8.86. The number of aromatic nitrogens is 1. The molecule has 0 fully saturated rings. The SMILES string of the molecule is O=C(Cc1cccc2ccccc12)NNC(=O)c1ccc(OCc2cscn2)cc1. The number of nitrogens with one attached hydrogen (secondary N) is 2. The average molecular weight is 417 g/mol. The first-order valence-electron chi connectivity index (χ1n) is 9.35. The van der Waals surface area contributed by atoms with Crippen LogP contribution >= 0.6 is 11.3 Å². The zero-order chi connectivity index (χ0) is 20.8. The van der Waals surface area contributed by atoms with Gasteiger partial charge in [-0.3, -0.25) is 20.4 Å². The molecule has 2 N–H and O–H groups in total. The number of hydrazine groups is 1. The molecule has 0 spiro atoms. The van der Waals surface area contributed by atoms with Gasteiger partial charge >= 0.3 is 0 Å². The normalized spacial score (nSPS) is 10.5. The van der Waals surface area contributed by atoms with Crippen molar-refractivity contribution in [1.82, 2.24) is 15.8 Å². The number of ether oxygens (including phenoxy) is 1. The fourth-order valence-corrected chi connectivity index (χ4v) is 3.57. The van der Waals surface area contributed by atoms with Gasteiger partial charge in [0.25, 0.3) is 5.91 Å². The lowest BCUT2D eigenvalue weighted by Crippen LogP contribution is -2.42. The highest BCUT2D eigenvalue weighted by Gasteiger charge is 2.10. The molecule has 150 valence electrons. The Morgan fingerprint density at radius 2 is 1.73 bits per heavy atom. The molecule has 0 unspecified atom stereocenters. The fourth-order valence-electron chi connectivity index (χ4n) is 3.03. The van der Waals surface area contributed by atoms with Gasteiger partial charge in [-0.25, -0.2) is 4.98 Å². The van der Waals surface area contributed by atoms with E-state index in [-0.39, 0.29) is 12.3 Å². The molecule has 6 nitrogen and oxygen atoms in total. The molecule has 7 heteroatoms. The number of nitrogens with zero attached hydrogens (tertiary/aromatic N) is 1. The maximum absolute atomic E-state index is 12.3. The molecule has 30 heavy (non-hydrogen) atoms. The Labute approximate surface area is 177 Å². The van der Waals surface area contributed by atoms with Crippen LogP contribution in [0.25, 0.3) is 10.8 Å². The summed E-state index contributed by atoms with van der Waals surface area (Å²) >= 11 is 1.51. The third-order valence-electron chi connectivity index (χ3n) is 4.53. The molecule has 0 aliphatic rings. The minimum absolute atomic E-state index is 0.172. The number of hydrogen-bond donors (Lipinski definition) is 2. The predicted octanol–water partition coefficient (Wildman–Crippen LogP) is 3.88. The number of amides is 2. The molecule has 0 saturated carbocycles. The quantitative estimate of drug-likeness (QED) is 0.467. The third-order valence-corrected chi connectivity index (χ3v) is 5.17. The molecular weight excluding hydrogens is 398 g/mol. The predicted molar refractivity (Wildman–Crippen MR) is 116 cm³/mol. The maximum atomic E-state index is 12.3. The van der Waals surface area contributed by atoms with Crippen LogP contribution in [0.1, 0.15) is 21.6 Å². The summed E-state index contributed by atoms with van der Waals surface area (Å²) in [4.78, 5) is 28.7. The number of fused-ring (bicyclic) bond motifs is 1. The summed E-state index contributed by atoms with van der Waals surface area (Å²) in [5.74, 6) is -0.0465. The number of rotatable bonds is 6. The van der Waals surface area contributed by atoms with Crippen molar-refractivity contribution in [2.45, 2.75) is 13.0 Å². The van der Waals surface area contributed by atoms with Crippen LogP contribution in [0.2, 0.25) is 0 Å². The molecule has 1 aromatic heterocycles. The summed E-state index contributed by atoms with van der Waals surface area (Å²) in [6, 6.07) is 20.4. The van der Waals surface area contributed by atoms with Gasteiger partial charge in [0.15, 0.2) is 0 Å². The van der Waals surface area contributed by atoms with E-state index in [0.717, 1.165) is 22.0 Å². The van der Waals surface area contributed by atoms with Gasteiger partial charge in [-0.05, 0) is 40.6 Å². The molecule has 1 heterocycles. The smallest absolute Gasteiger partial charge is 0.269 e. The second kappa shape index (κ2) is 9.19. The molecular formula is C23H19N3O3S. The second-order valence-corrected chi connectivity index (χ2v) is 7.33. The van der Waals surface area contributed by atoms with E-state index in [4.69, 9.17) is 4.74 Å². The van der Waals surface area contributed by atoms with Crippen LogP contribution in [0.3, 0.4) is 0 Å². The molecule has 3 aromatic carbocycles. The van der Waals surface area contributed by atoms with Crippen LogP contribution < -0.4 is 15.6 Å². The van der Waals surface area contributed by atoms with Crippen LogP contribution in [0.15, 0.2) is 77.6 Å². The lowest BCUT2D eigenvalue weighted by molar-refractivity contribution is -0.121. The second-order valence-electron chi connectivity index (χ2n) is 6.61. The highest BCUT2D eigenvalue weighted by Crippen LogP contribution is 2.19. The van der Waals surface area contributed by atoms with Gasteiger partial charge < -0.3 is 4.74 Å². The average Bonchev–Trinajstić information content (AvgIpc) is 3.30. The first-order chi connectivity index (χ1) is 14.7. The number of carbonyl (C=O) groups is 2. The van der Waals surface area contributed by atoms with E-state index in [9.17, 15) is 9.59 Å². The van der Waals surface area contributed by atoms with Crippen molar-refractivity contribution in [1.29, 1.82) is 0 Å². The van der Waals surface area contributed by atoms with Crippen LogP contribution in [-0.2, 0) is 17.8 Å². The van der Waals surface area contributed by atoms with Crippen molar-refractivity contribution in [2.75, 3.05) is 0 Å². The standard InChI is InChI=1S/C23H19N3O3S/c27-22(12-18-6-3-5-16-4-1-2-7-21(16)18)25-26-23(28)17-8-10-20(11-9-17)29-13-19-14-30-15-24-19/h1-11,14-15H,12-13H2,(H,25,27)(H,26,28). The van der Waals surface area contributed by atoms with Crippen molar-refractivity contribution in [3.63, 3.8) is 0 Å². The molecule has 4 aromatic rings. The lowest BCUT2D eigenvalue weighted by atomic mass is 10.0. The Morgan fingerprint density at radius 1 is 0.933 bits per heavy atom. The first kappa shape index (κ1) is 19.6. The van der Waals surface area contributed by atoms with Crippen molar-refractivity contribution in [2.24, 2.45) is 0 Å². The van der Waals surface area contributed by atoms with Gasteiger partial charge in [0.2, 0.25) is 5.91 Å². The van der Waals surface area contributed by atoms with Gasteiger partial charge in [-0.2, -0.15) is 0 Å². The number of benzene rings is 3. The van der Waals surface area contributed by atoms with Gasteiger partial charge in [0, 0.05) is 10.9 Å². The van der Waals surface area contributed by atoms with Gasteiger partial charge in [0.1, 0.15) is 12.4 Å². The molecule has 0 saturated heterocycles. The largest absolute Gasteiger partial charge is 0.487 e. The monoisotopic (exact) mass is 417 g/mol. The van der Waals surface area contributed by atoms with E-state index in [0.29, 0.717) is 17.9 Å². The summed E-state index contributed by atoms with van der Waals surface area (Å²) < 4.78 is 5.63. The summed E-state index contributed by atoms with van der Waals surface area (Å²) in [5, 5.41) is 4.02. The number of thiazole rings is 1. The lowest BCUT2D eigenvalue weighted by Gasteiger charge is -2.10. The van der Waals surface area contributed by atoms with E-state index in [2.05, 4.69) is 15.8 Å². The number of hydrogen-bond acceptors (Lipinski definition) is 5. The van der Waals surface area contributed by atoms with E-state index in [1.807, 2.05) is 47.8 Å². The van der Waals surface area contributed by atoms with Gasteiger partial charge in [-0.15, -0.1) is 11.3 Å². The molecule has 0 aliphatic carbocycles. The molecule has 0 radical (unpaired) electrons. The van der Waals surface area contributed by atoms with E-state index in [1.54, 1.807) is 29.8 Å². The van der Waals surface area contributed by atoms with Crippen molar-refractivity contribution >= 4 is 33.9 Å². The summed E-state index contributed by atoms with van der Waals surface area (Å²) in [6.45, 7) is 0.374. The van der Waals surface area contributed by atoms with E-state index < -0.39 is 5.91 Å². The van der Waals surface area contributed by atoms with E-state index in [1.165, 1.54) is 11.3 Å². The zero-order valence-corrected chi connectivity index (χ0v) is 16.8. The maximum Gasteiger partial charge on any atom is 0.269 e. The minimum Gasteiger partial charge on any atom is -0.487 e. The van der Waals surface area contributed by atoms with Crippen molar-refractivity contribution < 1.29 is 14.3 Å². The highest BCUT2D eigenvalue weighted by atomic mass is 32.1. The van der Waals surface area contributed by atoms with Gasteiger partial charge in [-0.1, -0.05) is 42.5 Å². The topological polar surface area (TPSA) is 80.3 Å². The molecule has 2 amide bonds. The third kappa shape index (κ3) is 4.82. The van der Waals surface area contributed by atoms with Crippen molar-refractivity contribution in [3.8, 4) is 5.75 Å². The zero-order valence-electron chi connectivity index (χ0n) is 16.0. The highest BCUT2D eigenvalue weighted by molar-refractivity contribution is 7.07. The first-order valence-corrected chi connectivity index (χ1v) is 10.3. The van der Waals surface area contributed by atoms with Crippen LogP contribution in [-0.4, -0.2) is 16.8 Å². The Hall–Kier alpha value is -3.71. The number of carbonyl (C=O) groups excluding carboxylic acids is 2. The Balaban J connectivity index is 1.30. The molecule has 0 atom stereocenters. The van der Waals surface area contributed by atoms with Gasteiger partial charge in [0.05, 0.1) is 17.6 Å². The summed E-state index contributed by atoms with van der Waals surface area (Å²) in [7, 11) is 0. The summed E-state index contributed by atoms with van der Waals surface area (Å²) in [6.07, 6.45) is 0.172. The molecule has 4 rings (SSSR count). The van der Waals surface area contributed by atoms with Crippen LogP contribution in [0, 0.1) is 0 Å². The fraction of sp³-hybridized carbons (Fsp3) is 0.0870. The van der Waals surface area contributed by atoms with Crippen molar-refractivity contribution in [3.05, 3.63) is 94.4 Å². The van der Waals surface area contributed by atoms with Crippen LogP contribution in [0.4, 0.5) is 0 Å². The Morgan fingerprint density at radius 3 is 2.53 bits per heavy atom. The van der Waals surface area contributed by atoms with Crippen LogP contribution in [0.5, 0.6) is 5.75 Å². The van der Waals surface area contributed by atoms with E-state index >= 15 is 0 Å². The minimum atomic E-state index is -0.396.